The second-order valence-electron chi connectivity index (χ2n) is 17.0. The topological polar surface area (TPSA) is 26.3 Å². The number of benzene rings is 5. The molecule has 2 nitrogen and oxygen atoms in total. The van der Waals surface area contributed by atoms with Crippen LogP contribution in [0.25, 0.3) is 22.3 Å². The Labute approximate surface area is 324 Å². The molecule has 1 atom stereocenters. The Kier molecular flexibility index (Phi) is 10.9. The number of hydrogen-bond donors (Lipinski definition) is 1. The van der Waals surface area contributed by atoms with Gasteiger partial charge < -0.3 is 4.74 Å². The third-order valence-corrected chi connectivity index (χ3v) is 11.8. The maximum absolute atomic E-state index is 13.9. The average molecular weight is 723 g/mol. The fourth-order valence-electron chi connectivity index (χ4n) is 8.24. The van der Waals surface area contributed by atoms with Crippen molar-refractivity contribution in [2.24, 2.45) is 0 Å². The summed E-state index contributed by atoms with van der Waals surface area (Å²) < 4.78 is 6.76. The Morgan fingerprint density at radius 3 is 1.26 bits per heavy atom. The quantitative estimate of drug-likeness (QED) is 0.115. The Hall–Kier alpha value is -4.08. The van der Waals surface area contributed by atoms with Gasteiger partial charge in [-0.05, 0) is 109 Å². The van der Waals surface area contributed by atoms with Gasteiger partial charge in [0, 0.05) is 21.6 Å². The van der Waals surface area contributed by atoms with E-state index in [0.29, 0.717) is 17.4 Å². The number of fused-ring (bicyclic) bond motifs is 1. The monoisotopic (exact) mass is 722 g/mol. The van der Waals surface area contributed by atoms with Crippen LogP contribution in [-0.2, 0) is 10.3 Å². The summed E-state index contributed by atoms with van der Waals surface area (Å²) in [4.78, 5) is 14.9. The molecule has 1 heterocycles. The van der Waals surface area contributed by atoms with Gasteiger partial charge in [-0.15, -0.1) is 12.6 Å². The van der Waals surface area contributed by atoms with Gasteiger partial charge >= 0.3 is 5.97 Å². The molecular formula is C50H58O2S. The van der Waals surface area contributed by atoms with E-state index in [1.54, 1.807) is 0 Å². The van der Waals surface area contributed by atoms with Gasteiger partial charge in [-0.2, -0.15) is 0 Å². The van der Waals surface area contributed by atoms with Crippen LogP contribution in [0.1, 0.15) is 179 Å². The second kappa shape index (κ2) is 15.0. The Bertz CT molecular complexity index is 2000. The van der Waals surface area contributed by atoms with Crippen molar-refractivity contribution in [3.05, 3.63) is 147 Å². The van der Waals surface area contributed by atoms with Crippen LogP contribution in [0.2, 0.25) is 0 Å². The third kappa shape index (κ3) is 6.80. The summed E-state index contributed by atoms with van der Waals surface area (Å²) in [5.74, 6) is 1.59. The number of ether oxygens (including phenoxy) is 1. The summed E-state index contributed by atoms with van der Waals surface area (Å²) in [6.45, 7) is 27.5. The van der Waals surface area contributed by atoms with E-state index in [0.717, 1.165) is 32.7 Å². The normalized spacial score (nSPS) is 15.8. The highest BCUT2D eigenvalue weighted by atomic mass is 32.1. The predicted molar refractivity (Wildman–Crippen MR) is 227 cm³/mol. The van der Waals surface area contributed by atoms with E-state index in [9.17, 15) is 4.79 Å². The zero-order valence-electron chi connectivity index (χ0n) is 33.9. The van der Waals surface area contributed by atoms with E-state index in [-0.39, 0.29) is 29.6 Å². The van der Waals surface area contributed by atoms with E-state index in [4.69, 9.17) is 17.4 Å². The van der Waals surface area contributed by atoms with Crippen molar-refractivity contribution in [2.75, 3.05) is 0 Å². The molecular weight excluding hydrogens is 665 g/mol. The van der Waals surface area contributed by atoms with E-state index in [1.165, 1.54) is 44.5 Å². The first-order valence-electron chi connectivity index (χ1n) is 19.7. The number of rotatable bonds is 10. The zero-order chi connectivity index (χ0) is 38.5. The van der Waals surface area contributed by atoms with Crippen LogP contribution < -0.4 is 0 Å². The van der Waals surface area contributed by atoms with Crippen LogP contribution in [0.4, 0.5) is 0 Å². The lowest BCUT2D eigenvalue weighted by Crippen LogP contribution is -2.29. The molecule has 0 aromatic heterocycles. The largest absolute Gasteiger partial charge is 0.441 e. The SMILES string of the molecule is CC(C)c1cc(C(C)C)c(-c2cc(C3(c4ccccc4)OC(=O)c4ccccc43)cc(-c3c(C(C)C)cc(C(C)C)cc3C(C)C)c2S)c(C(C)C)c1. The summed E-state index contributed by atoms with van der Waals surface area (Å²) in [5, 5.41) is 0. The van der Waals surface area contributed by atoms with Crippen molar-refractivity contribution in [3.8, 4) is 22.3 Å². The van der Waals surface area contributed by atoms with Crippen LogP contribution in [-0.4, -0.2) is 5.97 Å². The maximum Gasteiger partial charge on any atom is 0.340 e. The molecule has 0 bridgehead atoms. The van der Waals surface area contributed by atoms with Gasteiger partial charge in [0.05, 0.1) is 5.56 Å². The minimum atomic E-state index is -1.15. The molecule has 1 unspecified atom stereocenters. The van der Waals surface area contributed by atoms with Crippen LogP contribution >= 0.6 is 12.6 Å². The highest BCUT2D eigenvalue weighted by Gasteiger charge is 2.49. The molecule has 0 fully saturated rings. The number of hydrogen-bond acceptors (Lipinski definition) is 3. The summed E-state index contributed by atoms with van der Waals surface area (Å²) >= 11 is 5.60. The van der Waals surface area contributed by atoms with Crippen molar-refractivity contribution in [3.63, 3.8) is 0 Å². The molecule has 0 saturated carbocycles. The van der Waals surface area contributed by atoms with Gasteiger partial charge in [0.15, 0.2) is 5.60 Å². The Morgan fingerprint density at radius 2 is 0.868 bits per heavy atom. The molecule has 0 aliphatic carbocycles. The van der Waals surface area contributed by atoms with Crippen LogP contribution in [0.5, 0.6) is 0 Å². The number of thiol groups is 1. The lowest BCUT2D eigenvalue weighted by molar-refractivity contribution is 0.0251. The summed E-state index contributed by atoms with van der Waals surface area (Å²) in [6.07, 6.45) is 0. The minimum Gasteiger partial charge on any atom is -0.441 e. The van der Waals surface area contributed by atoms with Gasteiger partial charge in [0.2, 0.25) is 0 Å². The fourth-order valence-corrected chi connectivity index (χ4v) is 8.59. The number of carbonyl (C=O) groups excluding carboxylic acids is 1. The molecule has 6 rings (SSSR count). The van der Waals surface area contributed by atoms with Crippen molar-refractivity contribution in [1.82, 2.24) is 0 Å². The zero-order valence-corrected chi connectivity index (χ0v) is 34.8. The molecule has 0 spiro atoms. The molecule has 1 aliphatic rings. The van der Waals surface area contributed by atoms with Gasteiger partial charge in [0.25, 0.3) is 0 Å². The van der Waals surface area contributed by atoms with E-state index in [1.807, 2.05) is 36.4 Å². The molecule has 5 aromatic rings. The Morgan fingerprint density at radius 1 is 0.472 bits per heavy atom. The van der Waals surface area contributed by atoms with E-state index < -0.39 is 5.60 Å². The van der Waals surface area contributed by atoms with Crippen molar-refractivity contribution >= 4 is 18.6 Å². The molecule has 276 valence electrons. The van der Waals surface area contributed by atoms with Gasteiger partial charge in [-0.25, -0.2) is 4.79 Å². The summed E-state index contributed by atoms with van der Waals surface area (Å²) in [6, 6.07) is 32.5. The predicted octanol–water partition coefficient (Wildman–Crippen LogP) is 14.5. The molecule has 5 aromatic carbocycles. The van der Waals surface area contributed by atoms with Gasteiger partial charge in [-0.3, -0.25) is 0 Å². The first-order valence-corrected chi connectivity index (χ1v) is 20.1. The van der Waals surface area contributed by atoms with Crippen LogP contribution in [0, 0.1) is 0 Å². The lowest BCUT2D eigenvalue weighted by Gasteiger charge is -2.33. The molecule has 0 amide bonds. The number of esters is 1. The number of cyclic esters (lactones) is 1. The van der Waals surface area contributed by atoms with Crippen molar-refractivity contribution in [2.45, 2.75) is 129 Å². The highest BCUT2D eigenvalue weighted by Crippen LogP contribution is 2.53. The van der Waals surface area contributed by atoms with E-state index in [2.05, 4.69) is 138 Å². The van der Waals surface area contributed by atoms with Crippen molar-refractivity contribution < 1.29 is 9.53 Å². The molecule has 1 aliphatic heterocycles. The van der Waals surface area contributed by atoms with E-state index >= 15 is 0 Å². The third-order valence-electron chi connectivity index (χ3n) is 11.3. The highest BCUT2D eigenvalue weighted by molar-refractivity contribution is 7.80. The van der Waals surface area contributed by atoms with Crippen molar-refractivity contribution in [1.29, 1.82) is 0 Å². The van der Waals surface area contributed by atoms with Crippen LogP contribution in [0.15, 0.2) is 95.9 Å². The molecule has 0 N–H and O–H groups in total. The first kappa shape index (κ1) is 38.6. The second-order valence-corrected chi connectivity index (χ2v) is 17.4. The van der Waals surface area contributed by atoms with Gasteiger partial charge in [-0.1, -0.05) is 156 Å². The minimum absolute atomic E-state index is 0.275. The summed E-state index contributed by atoms with van der Waals surface area (Å²) in [7, 11) is 0. The smallest absolute Gasteiger partial charge is 0.340 e. The molecule has 3 heteroatoms. The lowest BCUT2D eigenvalue weighted by atomic mass is 9.75. The number of carbonyl (C=O) groups is 1. The van der Waals surface area contributed by atoms with Gasteiger partial charge in [0.1, 0.15) is 0 Å². The maximum atomic E-state index is 13.9. The molecule has 0 saturated heterocycles. The average Bonchev–Trinajstić information content (AvgIpc) is 3.43. The first-order chi connectivity index (χ1) is 25.1. The van der Waals surface area contributed by atoms with Crippen LogP contribution in [0.3, 0.4) is 0 Å². The Balaban J connectivity index is 1.86. The summed E-state index contributed by atoms with van der Waals surface area (Å²) in [5.41, 5.74) is 14.8. The fraction of sp³-hybridized carbons (Fsp3) is 0.380. The standard InChI is InChI=1S/C50H58O2S/c1-28(2)34-22-39(30(5)6)46(40(23-34)31(7)8)43-26-37(50(36-18-14-13-15-19-36)45-21-17-16-20-38(45)49(51)52-50)27-44(48(43)53)47-41(32(9)10)24-35(29(3)4)25-42(47)33(11)12/h13-33,53H,1-12H3. The molecule has 53 heavy (non-hydrogen) atoms. The molecule has 0 radical (unpaired) electrons.